The zero-order valence-electron chi connectivity index (χ0n) is 16.0. The first-order valence-electron chi connectivity index (χ1n) is 9.06. The molecule has 0 aromatic heterocycles. The van der Waals surface area contributed by atoms with Crippen molar-refractivity contribution in [3.8, 4) is 0 Å². The van der Waals surface area contributed by atoms with Gasteiger partial charge in [0.1, 0.15) is 0 Å². The van der Waals surface area contributed by atoms with Crippen LogP contribution in [0, 0.1) is 0 Å². The van der Waals surface area contributed by atoms with Gasteiger partial charge in [0.15, 0.2) is 0 Å². The van der Waals surface area contributed by atoms with E-state index >= 15 is 0 Å². The van der Waals surface area contributed by atoms with E-state index in [1.54, 1.807) is 30.3 Å². The van der Waals surface area contributed by atoms with Gasteiger partial charge >= 0.3 is 6.03 Å². The molecule has 3 N–H and O–H groups in total. The number of nitrogens with one attached hydrogen (secondary N) is 3. The van der Waals surface area contributed by atoms with E-state index in [4.69, 9.17) is 23.2 Å². The SMILES string of the molecule is CC(Sc1ccc(NC(=O)Nc2ccccc2)cc1)C(=O)Nc1ccc(Cl)cc1Cl. The minimum Gasteiger partial charge on any atom is -0.324 e. The number of thioether (sulfide) groups is 1. The Balaban J connectivity index is 1.53. The van der Waals surface area contributed by atoms with Crippen LogP contribution in [0.4, 0.5) is 21.9 Å². The highest BCUT2D eigenvalue weighted by molar-refractivity contribution is 8.00. The van der Waals surface area contributed by atoms with Crippen LogP contribution in [0.1, 0.15) is 6.92 Å². The van der Waals surface area contributed by atoms with Gasteiger partial charge < -0.3 is 16.0 Å². The van der Waals surface area contributed by atoms with Crippen LogP contribution in [0.5, 0.6) is 0 Å². The molecule has 0 heterocycles. The van der Waals surface area contributed by atoms with E-state index in [1.807, 2.05) is 49.4 Å². The van der Waals surface area contributed by atoms with Gasteiger partial charge in [-0.3, -0.25) is 4.79 Å². The van der Waals surface area contributed by atoms with Crippen LogP contribution in [0.2, 0.25) is 10.0 Å². The molecule has 0 aliphatic carbocycles. The fourth-order valence-corrected chi connectivity index (χ4v) is 3.84. The number of anilines is 3. The van der Waals surface area contributed by atoms with Crippen LogP contribution >= 0.6 is 35.0 Å². The summed E-state index contributed by atoms with van der Waals surface area (Å²) >= 11 is 13.4. The summed E-state index contributed by atoms with van der Waals surface area (Å²) in [5, 5.41) is 8.87. The summed E-state index contributed by atoms with van der Waals surface area (Å²) in [5.41, 5.74) is 1.88. The van der Waals surface area contributed by atoms with Crippen molar-refractivity contribution in [2.75, 3.05) is 16.0 Å². The molecular formula is C22H19Cl2N3O2S. The molecule has 1 atom stereocenters. The molecule has 0 aliphatic rings. The third kappa shape index (κ3) is 6.42. The first-order chi connectivity index (χ1) is 14.4. The van der Waals surface area contributed by atoms with Crippen molar-refractivity contribution in [2.45, 2.75) is 17.1 Å². The second-order valence-electron chi connectivity index (χ2n) is 6.34. The Morgan fingerprint density at radius 3 is 2.10 bits per heavy atom. The quantitative estimate of drug-likeness (QED) is 0.356. The van der Waals surface area contributed by atoms with Gasteiger partial charge in [-0.15, -0.1) is 11.8 Å². The van der Waals surface area contributed by atoms with Crippen molar-refractivity contribution in [1.82, 2.24) is 0 Å². The second kappa shape index (κ2) is 10.4. The first kappa shape index (κ1) is 22.0. The number of amides is 3. The zero-order chi connectivity index (χ0) is 21.5. The molecule has 3 amide bonds. The maximum absolute atomic E-state index is 12.5. The molecule has 0 spiro atoms. The highest BCUT2D eigenvalue weighted by Gasteiger charge is 2.16. The molecule has 0 saturated heterocycles. The number of rotatable bonds is 6. The summed E-state index contributed by atoms with van der Waals surface area (Å²) in [6.07, 6.45) is 0. The van der Waals surface area contributed by atoms with Crippen molar-refractivity contribution < 1.29 is 9.59 Å². The molecular weight excluding hydrogens is 441 g/mol. The molecule has 154 valence electrons. The van der Waals surface area contributed by atoms with E-state index in [9.17, 15) is 9.59 Å². The lowest BCUT2D eigenvalue weighted by molar-refractivity contribution is -0.115. The molecule has 3 aromatic carbocycles. The molecule has 0 radical (unpaired) electrons. The maximum atomic E-state index is 12.5. The van der Waals surface area contributed by atoms with E-state index in [0.717, 1.165) is 4.90 Å². The van der Waals surface area contributed by atoms with E-state index in [2.05, 4.69) is 16.0 Å². The molecule has 0 bridgehead atoms. The number of hydrogen-bond acceptors (Lipinski definition) is 3. The molecule has 5 nitrogen and oxygen atoms in total. The molecule has 0 saturated carbocycles. The summed E-state index contributed by atoms with van der Waals surface area (Å²) in [6, 6.07) is 21.0. The Labute approximate surface area is 189 Å². The van der Waals surface area contributed by atoms with E-state index in [0.29, 0.717) is 27.1 Å². The van der Waals surface area contributed by atoms with E-state index in [1.165, 1.54) is 11.8 Å². The number of hydrogen-bond donors (Lipinski definition) is 3. The predicted molar refractivity (Wildman–Crippen MR) is 126 cm³/mol. The first-order valence-corrected chi connectivity index (χ1v) is 10.7. The summed E-state index contributed by atoms with van der Waals surface area (Å²) in [6.45, 7) is 1.81. The van der Waals surface area contributed by atoms with Gasteiger partial charge in [0.25, 0.3) is 0 Å². The lowest BCUT2D eigenvalue weighted by atomic mass is 10.3. The highest BCUT2D eigenvalue weighted by atomic mass is 35.5. The van der Waals surface area contributed by atoms with E-state index in [-0.39, 0.29) is 17.2 Å². The number of para-hydroxylation sites is 1. The number of urea groups is 1. The number of benzene rings is 3. The van der Waals surface area contributed by atoms with Gasteiger partial charge in [-0.05, 0) is 61.5 Å². The standard InChI is InChI=1S/C22H19Cl2N3O2S/c1-14(21(28)27-20-12-7-15(23)13-19(20)24)30-18-10-8-17(9-11-18)26-22(29)25-16-5-3-2-4-6-16/h2-14H,1H3,(H,27,28)(H2,25,26,29). The fourth-order valence-electron chi connectivity index (χ4n) is 2.51. The molecule has 8 heteroatoms. The van der Waals surface area contributed by atoms with Crippen molar-refractivity contribution in [3.63, 3.8) is 0 Å². The van der Waals surface area contributed by atoms with Crippen molar-refractivity contribution in [2.24, 2.45) is 0 Å². The van der Waals surface area contributed by atoms with Crippen LogP contribution in [0.25, 0.3) is 0 Å². The summed E-state index contributed by atoms with van der Waals surface area (Å²) < 4.78 is 0. The third-order valence-electron chi connectivity index (χ3n) is 4.01. The fraction of sp³-hybridized carbons (Fsp3) is 0.0909. The largest absolute Gasteiger partial charge is 0.324 e. The zero-order valence-corrected chi connectivity index (χ0v) is 18.3. The molecule has 0 aliphatic heterocycles. The summed E-state index contributed by atoms with van der Waals surface area (Å²) in [4.78, 5) is 25.4. The van der Waals surface area contributed by atoms with Crippen LogP contribution in [0.3, 0.4) is 0 Å². The Hall–Kier alpha value is -2.67. The van der Waals surface area contributed by atoms with Gasteiger partial charge in [-0.2, -0.15) is 0 Å². The summed E-state index contributed by atoms with van der Waals surface area (Å²) in [5.74, 6) is -0.173. The average Bonchev–Trinajstić information content (AvgIpc) is 2.72. The van der Waals surface area contributed by atoms with Crippen molar-refractivity contribution in [3.05, 3.63) is 82.8 Å². The maximum Gasteiger partial charge on any atom is 0.323 e. The van der Waals surface area contributed by atoms with E-state index < -0.39 is 0 Å². The molecule has 3 rings (SSSR count). The van der Waals surface area contributed by atoms with Gasteiger partial charge in [-0.25, -0.2) is 4.79 Å². The Morgan fingerprint density at radius 2 is 1.47 bits per heavy atom. The Bertz CT molecular complexity index is 1030. The smallest absolute Gasteiger partial charge is 0.323 e. The highest BCUT2D eigenvalue weighted by Crippen LogP contribution is 2.28. The lowest BCUT2D eigenvalue weighted by Crippen LogP contribution is -2.22. The average molecular weight is 460 g/mol. The predicted octanol–water partition coefficient (Wildman–Crippen LogP) is 6.76. The van der Waals surface area contributed by atoms with Gasteiger partial charge in [-0.1, -0.05) is 41.4 Å². The van der Waals surface area contributed by atoms with Crippen LogP contribution in [-0.2, 0) is 4.79 Å². The second-order valence-corrected chi connectivity index (χ2v) is 8.60. The van der Waals surface area contributed by atoms with Crippen LogP contribution in [-0.4, -0.2) is 17.2 Å². The Kier molecular flexibility index (Phi) is 7.63. The lowest BCUT2D eigenvalue weighted by Gasteiger charge is -2.13. The number of carbonyl (C=O) groups excluding carboxylic acids is 2. The minimum atomic E-state index is -0.350. The molecule has 0 fully saturated rings. The normalized spacial score (nSPS) is 11.4. The van der Waals surface area contributed by atoms with Gasteiger partial charge in [0, 0.05) is 21.3 Å². The molecule has 1 unspecified atom stereocenters. The van der Waals surface area contributed by atoms with Crippen molar-refractivity contribution in [1.29, 1.82) is 0 Å². The molecule has 3 aromatic rings. The molecule has 30 heavy (non-hydrogen) atoms. The monoisotopic (exact) mass is 459 g/mol. The summed E-state index contributed by atoms with van der Waals surface area (Å²) in [7, 11) is 0. The van der Waals surface area contributed by atoms with Crippen LogP contribution < -0.4 is 16.0 Å². The Morgan fingerprint density at radius 1 is 0.833 bits per heavy atom. The topological polar surface area (TPSA) is 70.2 Å². The van der Waals surface area contributed by atoms with Gasteiger partial charge in [0.2, 0.25) is 5.91 Å². The third-order valence-corrected chi connectivity index (χ3v) is 5.67. The number of carbonyl (C=O) groups is 2. The van der Waals surface area contributed by atoms with Gasteiger partial charge in [0.05, 0.1) is 16.0 Å². The van der Waals surface area contributed by atoms with Crippen LogP contribution in [0.15, 0.2) is 77.7 Å². The minimum absolute atomic E-state index is 0.173. The number of halogens is 2. The van der Waals surface area contributed by atoms with Crippen molar-refractivity contribution >= 4 is 64.0 Å².